The van der Waals surface area contributed by atoms with Crippen LogP contribution in [0.15, 0.2) is 43.4 Å². The molecule has 240 valence electrons. The van der Waals surface area contributed by atoms with Crippen molar-refractivity contribution in [1.29, 1.82) is 0 Å². The average molecular weight is 666 g/mol. The van der Waals surface area contributed by atoms with Crippen LogP contribution in [0, 0.1) is 11.6 Å². The van der Waals surface area contributed by atoms with Crippen LogP contribution < -0.4 is 22.8 Å². The first-order valence-corrected chi connectivity index (χ1v) is 15.4. The SMILES string of the molecule is CC(C)(OC(C)(C)c1cc(-n2c(=O)n3n(c2=O)CCCC3)c(F)cc1Cl)c1cc(-n2c(=O)n3n(c2=O)CCCC3)c(F)cc1Cl. The third-order valence-corrected chi connectivity index (χ3v) is 9.20. The summed E-state index contributed by atoms with van der Waals surface area (Å²) in [7, 11) is 0. The second kappa shape index (κ2) is 11.0. The largest absolute Gasteiger partial charge is 0.360 e. The second-order valence-corrected chi connectivity index (χ2v) is 13.2. The van der Waals surface area contributed by atoms with Gasteiger partial charge in [0.15, 0.2) is 0 Å². The van der Waals surface area contributed by atoms with Crippen LogP contribution >= 0.6 is 23.2 Å². The summed E-state index contributed by atoms with van der Waals surface area (Å²) in [5.74, 6) is -1.72. The van der Waals surface area contributed by atoms with Crippen LogP contribution in [-0.2, 0) is 42.1 Å². The van der Waals surface area contributed by atoms with Crippen LogP contribution in [0.1, 0.15) is 64.5 Å². The van der Waals surface area contributed by atoms with Crippen molar-refractivity contribution in [3.05, 3.63) is 99.0 Å². The molecule has 0 spiro atoms. The fraction of sp³-hybridized carbons (Fsp3) is 0.467. The van der Waals surface area contributed by atoms with Gasteiger partial charge in [0, 0.05) is 47.4 Å². The lowest BCUT2D eigenvalue weighted by Gasteiger charge is -2.38. The third kappa shape index (κ3) is 5.05. The molecule has 0 radical (unpaired) electrons. The Morgan fingerprint density at radius 3 is 1.16 bits per heavy atom. The molecular formula is C30H32Cl2F2N6O5. The molecule has 4 aromatic rings. The number of fused-ring (bicyclic) bond motifs is 2. The Bertz CT molecular complexity index is 1880. The second-order valence-electron chi connectivity index (χ2n) is 12.4. The molecule has 0 unspecified atom stereocenters. The Balaban J connectivity index is 1.42. The van der Waals surface area contributed by atoms with Gasteiger partial charge < -0.3 is 4.74 Å². The van der Waals surface area contributed by atoms with E-state index in [2.05, 4.69) is 0 Å². The highest BCUT2D eigenvalue weighted by atomic mass is 35.5. The molecule has 2 aliphatic rings. The van der Waals surface area contributed by atoms with Crippen molar-refractivity contribution in [3.63, 3.8) is 0 Å². The molecule has 0 saturated heterocycles. The molecule has 0 atom stereocenters. The van der Waals surface area contributed by atoms with E-state index in [9.17, 15) is 19.2 Å². The molecule has 4 heterocycles. The van der Waals surface area contributed by atoms with Gasteiger partial charge >= 0.3 is 22.8 Å². The smallest absolute Gasteiger partial charge is 0.351 e. The van der Waals surface area contributed by atoms with Crippen LogP contribution in [0.4, 0.5) is 8.78 Å². The molecular weight excluding hydrogens is 633 g/mol. The highest BCUT2D eigenvalue weighted by Crippen LogP contribution is 2.42. The van der Waals surface area contributed by atoms with Gasteiger partial charge in [-0.05, 0) is 77.6 Å². The number of benzene rings is 2. The fourth-order valence-electron chi connectivity index (χ4n) is 6.45. The molecule has 0 aliphatic carbocycles. The Kier molecular flexibility index (Phi) is 7.65. The molecule has 11 nitrogen and oxygen atoms in total. The molecule has 0 amide bonds. The predicted molar refractivity (Wildman–Crippen MR) is 164 cm³/mol. The number of rotatable bonds is 6. The number of ether oxygens (including phenoxy) is 1. The van der Waals surface area contributed by atoms with E-state index >= 15 is 8.78 Å². The summed E-state index contributed by atoms with van der Waals surface area (Å²) in [5, 5.41) is -0.0296. The zero-order valence-corrected chi connectivity index (χ0v) is 26.7. The fourth-order valence-corrected chi connectivity index (χ4v) is 7.21. The van der Waals surface area contributed by atoms with Crippen molar-refractivity contribution in [3.8, 4) is 11.4 Å². The number of halogens is 4. The van der Waals surface area contributed by atoms with Crippen LogP contribution in [0.5, 0.6) is 0 Å². The lowest BCUT2D eigenvalue weighted by atomic mass is 9.92. The van der Waals surface area contributed by atoms with Gasteiger partial charge in [-0.3, -0.25) is 0 Å². The van der Waals surface area contributed by atoms with Crippen molar-refractivity contribution >= 4 is 23.2 Å². The Labute approximate surface area is 265 Å². The van der Waals surface area contributed by atoms with E-state index in [1.54, 1.807) is 27.7 Å². The maximum atomic E-state index is 15.3. The van der Waals surface area contributed by atoms with Crippen molar-refractivity contribution in [1.82, 2.24) is 27.9 Å². The Morgan fingerprint density at radius 2 is 0.867 bits per heavy atom. The monoisotopic (exact) mass is 664 g/mol. The van der Waals surface area contributed by atoms with Gasteiger partial charge in [-0.15, -0.1) is 0 Å². The molecule has 0 bridgehead atoms. The van der Waals surface area contributed by atoms with Gasteiger partial charge in [-0.2, -0.15) is 0 Å². The number of hydrogen-bond acceptors (Lipinski definition) is 5. The molecule has 2 aromatic carbocycles. The Morgan fingerprint density at radius 1 is 0.578 bits per heavy atom. The maximum Gasteiger partial charge on any atom is 0.351 e. The van der Waals surface area contributed by atoms with Crippen molar-refractivity contribution < 1.29 is 13.5 Å². The molecule has 0 N–H and O–H groups in total. The quantitative estimate of drug-likeness (QED) is 0.306. The van der Waals surface area contributed by atoms with E-state index in [-0.39, 0.29) is 32.5 Å². The lowest BCUT2D eigenvalue weighted by Crippen LogP contribution is -2.35. The lowest BCUT2D eigenvalue weighted by molar-refractivity contribution is -0.132. The van der Waals surface area contributed by atoms with Crippen LogP contribution in [-0.4, -0.2) is 27.9 Å². The van der Waals surface area contributed by atoms with Crippen LogP contribution in [0.2, 0.25) is 10.0 Å². The molecule has 45 heavy (non-hydrogen) atoms. The first-order chi connectivity index (χ1) is 21.1. The van der Waals surface area contributed by atoms with Crippen LogP contribution in [0.25, 0.3) is 11.4 Å². The molecule has 2 aromatic heterocycles. The van der Waals surface area contributed by atoms with E-state index in [1.165, 1.54) is 30.9 Å². The summed E-state index contributed by atoms with van der Waals surface area (Å²) >= 11 is 13.0. The summed E-state index contributed by atoms with van der Waals surface area (Å²) in [6.07, 6.45) is 2.88. The van der Waals surface area contributed by atoms with E-state index in [0.717, 1.165) is 47.0 Å². The number of nitrogens with zero attached hydrogens (tertiary/aromatic N) is 6. The van der Waals surface area contributed by atoms with Gasteiger partial charge in [0.2, 0.25) is 0 Å². The highest BCUT2D eigenvalue weighted by molar-refractivity contribution is 6.32. The van der Waals surface area contributed by atoms with Gasteiger partial charge in [-0.1, -0.05) is 23.2 Å². The summed E-state index contributed by atoms with van der Waals surface area (Å²) in [6.45, 7) is 8.02. The average Bonchev–Trinajstić information content (AvgIpc) is 3.37. The summed E-state index contributed by atoms with van der Waals surface area (Å²) < 4.78 is 44.0. The zero-order chi connectivity index (χ0) is 32.6. The molecule has 15 heteroatoms. The normalized spacial score (nSPS) is 15.3. The minimum Gasteiger partial charge on any atom is -0.360 e. The van der Waals surface area contributed by atoms with E-state index in [0.29, 0.717) is 26.2 Å². The van der Waals surface area contributed by atoms with Gasteiger partial charge in [0.1, 0.15) is 11.6 Å². The Hall–Kier alpha value is -3.68. The van der Waals surface area contributed by atoms with Crippen molar-refractivity contribution in [2.45, 2.75) is 90.8 Å². The molecule has 2 aliphatic heterocycles. The zero-order valence-electron chi connectivity index (χ0n) is 25.2. The maximum absolute atomic E-state index is 15.3. The summed E-state index contributed by atoms with van der Waals surface area (Å²) in [4.78, 5) is 52.6. The number of hydrogen-bond donors (Lipinski definition) is 0. The van der Waals surface area contributed by atoms with Gasteiger partial charge in [0.05, 0.1) is 22.6 Å². The first-order valence-electron chi connectivity index (χ1n) is 14.7. The van der Waals surface area contributed by atoms with Gasteiger partial charge in [-0.25, -0.2) is 55.8 Å². The predicted octanol–water partition coefficient (Wildman–Crippen LogP) is 4.27. The summed E-state index contributed by atoms with van der Waals surface area (Å²) in [5.41, 5.74) is -5.24. The topological polar surface area (TPSA) is 107 Å². The van der Waals surface area contributed by atoms with E-state index in [4.69, 9.17) is 27.9 Å². The molecule has 0 saturated carbocycles. The van der Waals surface area contributed by atoms with E-state index in [1.807, 2.05) is 0 Å². The van der Waals surface area contributed by atoms with E-state index < -0.39 is 45.6 Å². The van der Waals surface area contributed by atoms with Crippen LogP contribution in [0.3, 0.4) is 0 Å². The minimum atomic E-state index is -1.30. The van der Waals surface area contributed by atoms with Gasteiger partial charge in [0.25, 0.3) is 0 Å². The first kappa shape index (κ1) is 31.3. The standard InChI is InChI=1S/C30H32Cl2F2N6O5/c1-29(2,17-13-23(21(33)15-19(17)31)39-25(41)35-9-5-6-10-36(35)26(39)42)45-30(3,4)18-14-24(22(34)16-20(18)32)40-27(43)37-11-7-8-12-38(37)28(40)44/h13-16H,5-12H2,1-4H3. The molecule has 0 fully saturated rings. The van der Waals surface area contributed by atoms with Crippen molar-refractivity contribution in [2.24, 2.45) is 0 Å². The summed E-state index contributed by atoms with van der Waals surface area (Å²) in [6, 6.07) is 4.67. The number of aromatic nitrogens is 6. The minimum absolute atomic E-state index is 0.0148. The van der Waals surface area contributed by atoms with Crippen molar-refractivity contribution in [2.75, 3.05) is 0 Å². The highest BCUT2D eigenvalue weighted by Gasteiger charge is 2.37. The third-order valence-electron chi connectivity index (χ3n) is 8.57. The molecule has 6 rings (SSSR count).